The van der Waals surface area contributed by atoms with E-state index in [0.717, 1.165) is 5.56 Å². The van der Waals surface area contributed by atoms with E-state index in [0.29, 0.717) is 39.4 Å². The maximum atomic E-state index is 12.5. The highest BCUT2D eigenvalue weighted by Gasteiger charge is 2.19. The van der Waals surface area contributed by atoms with E-state index in [1.165, 1.54) is 10.7 Å². The zero-order valence-corrected chi connectivity index (χ0v) is 18.2. The van der Waals surface area contributed by atoms with Crippen LogP contribution in [0.15, 0.2) is 42.5 Å². The third-order valence-electron chi connectivity index (χ3n) is 4.32. The van der Waals surface area contributed by atoms with Crippen LogP contribution in [0, 0.1) is 6.92 Å². The minimum atomic E-state index is -0.494. The quantitative estimate of drug-likeness (QED) is 0.547. The SMILES string of the molecule is Cc1c(C(=O)Nc2cc(Cl)ccc2Cl)nnn1CC(=O)NCCc1ccc(Cl)cc1. The van der Waals surface area contributed by atoms with E-state index in [4.69, 9.17) is 34.8 Å². The van der Waals surface area contributed by atoms with Gasteiger partial charge in [0.1, 0.15) is 6.54 Å². The van der Waals surface area contributed by atoms with Crippen LogP contribution in [0.1, 0.15) is 21.7 Å². The Hall–Kier alpha value is -2.61. The van der Waals surface area contributed by atoms with Gasteiger partial charge in [-0.15, -0.1) is 5.10 Å². The van der Waals surface area contributed by atoms with Crippen molar-refractivity contribution in [1.29, 1.82) is 0 Å². The minimum Gasteiger partial charge on any atom is -0.354 e. The first-order valence-corrected chi connectivity index (χ1v) is 10.1. The van der Waals surface area contributed by atoms with Crippen LogP contribution in [0.25, 0.3) is 0 Å². The number of carbonyl (C=O) groups is 2. The predicted molar refractivity (Wildman–Crippen MR) is 117 cm³/mol. The molecule has 0 bridgehead atoms. The maximum Gasteiger partial charge on any atom is 0.278 e. The van der Waals surface area contributed by atoms with E-state index in [2.05, 4.69) is 20.9 Å². The van der Waals surface area contributed by atoms with Crippen molar-refractivity contribution in [3.63, 3.8) is 0 Å². The van der Waals surface area contributed by atoms with Crippen LogP contribution in [0.2, 0.25) is 15.1 Å². The lowest BCUT2D eigenvalue weighted by atomic mass is 10.1. The molecule has 0 saturated carbocycles. The molecule has 0 aliphatic rings. The average Bonchev–Trinajstić information content (AvgIpc) is 3.06. The molecule has 7 nitrogen and oxygen atoms in total. The largest absolute Gasteiger partial charge is 0.354 e. The summed E-state index contributed by atoms with van der Waals surface area (Å²) >= 11 is 17.9. The fraction of sp³-hybridized carbons (Fsp3) is 0.200. The highest BCUT2D eigenvalue weighted by atomic mass is 35.5. The fourth-order valence-corrected chi connectivity index (χ4v) is 3.15. The lowest BCUT2D eigenvalue weighted by Gasteiger charge is -2.08. The van der Waals surface area contributed by atoms with Gasteiger partial charge in [-0.05, 0) is 49.2 Å². The first-order chi connectivity index (χ1) is 14.3. The molecule has 0 fully saturated rings. The second kappa shape index (κ2) is 9.93. The van der Waals surface area contributed by atoms with Gasteiger partial charge in [0.25, 0.3) is 5.91 Å². The summed E-state index contributed by atoms with van der Waals surface area (Å²) in [6.07, 6.45) is 0.674. The maximum absolute atomic E-state index is 12.5. The Bertz CT molecular complexity index is 1070. The van der Waals surface area contributed by atoms with Gasteiger partial charge in [-0.3, -0.25) is 9.59 Å². The standard InChI is InChI=1S/C20H18Cl3N5O2/c1-12-19(20(30)25-17-10-15(22)6-7-16(17)23)26-27-28(12)11-18(29)24-9-8-13-2-4-14(21)5-3-13/h2-7,10H,8-9,11H2,1H3,(H,24,29)(H,25,30). The molecule has 0 unspecified atom stereocenters. The van der Waals surface area contributed by atoms with Crippen LogP contribution in [-0.2, 0) is 17.8 Å². The summed E-state index contributed by atoms with van der Waals surface area (Å²) in [6.45, 7) is 2.08. The summed E-state index contributed by atoms with van der Waals surface area (Å²) in [5.74, 6) is -0.729. The van der Waals surface area contributed by atoms with Gasteiger partial charge in [0.15, 0.2) is 5.69 Å². The van der Waals surface area contributed by atoms with E-state index in [1.54, 1.807) is 31.2 Å². The summed E-state index contributed by atoms with van der Waals surface area (Å²) < 4.78 is 1.37. The molecule has 1 aromatic heterocycles. The molecule has 156 valence electrons. The lowest BCUT2D eigenvalue weighted by Crippen LogP contribution is -2.30. The minimum absolute atomic E-state index is 0.0509. The molecule has 0 aliphatic carbocycles. The van der Waals surface area contributed by atoms with Crippen molar-refractivity contribution >= 4 is 52.3 Å². The normalized spacial score (nSPS) is 10.7. The van der Waals surface area contributed by atoms with Gasteiger partial charge in [0, 0.05) is 16.6 Å². The molecule has 2 N–H and O–H groups in total. The van der Waals surface area contributed by atoms with Gasteiger partial charge >= 0.3 is 0 Å². The zero-order valence-electron chi connectivity index (χ0n) is 16.0. The van der Waals surface area contributed by atoms with Crippen molar-refractivity contribution in [3.05, 3.63) is 74.5 Å². The van der Waals surface area contributed by atoms with Gasteiger partial charge in [0.2, 0.25) is 5.91 Å². The summed E-state index contributed by atoms with van der Waals surface area (Å²) in [6, 6.07) is 12.2. The second-order valence-corrected chi connectivity index (χ2v) is 7.77. The van der Waals surface area contributed by atoms with Gasteiger partial charge in [-0.25, -0.2) is 4.68 Å². The van der Waals surface area contributed by atoms with E-state index < -0.39 is 5.91 Å². The molecule has 2 amide bonds. The molecular formula is C20H18Cl3N5O2. The third kappa shape index (κ3) is 5.72. The van der Waals surface area contributed by atoms with Crippen molar-refractivity contribution in [3.8, 4) is 0 Å². The molecular weight excluding hydrogens is 449 g/mol. The van der Waals surface area contributed by atoms with Gasteiger partial charge in [0.05, 0.1) is 16.4 Å². The molecule has 2 aromatic carbocycles. The predicted octanol–water partition coefficient (Wildman–Crippen LogP) is 4.16. The van der Waals surface area contributed by atoms with Crippen LogP contribution < -0.4 is 10.6 Å². The molecule has 0 saturated heterocycles. The smallest absolute Gasteiger partial charge is 0.278 e. The van der Waals surface area contributed by atoms with Crippen molar-refractivity contribution in [2.24, 2.45) is 0 Å². The number of rotatable bonds is 7. The summed E-state index contributed by atoms with van der Waals surface area (Å²) in [5, 5.41) is 14.7. The number of anilines is 1. The highest BCUT2D eigenvalue weighted by molar-refractivity contribution is 6.35. The van der Waals surface area contributed by atoms with Gasteiger partial charge in [-0.1, -0.05) is 52.1 Å². The molecule has 3 aromatic rings. The Balaban J connectivity index is 1.56. The van der Waals surface area contributed by atoms with Gasteiger partial charge < -0.3 is 10.6 Å². The number of hydrogen-bond acceptors (Lipinski definition) is 4. The number of nitrogens with one attached hydrogen (secondary N) is 2. The molecule has 0 atom stereocenters. The van der Waals surface area contributed by atoms with Crippen LogP contribution in [0.4, 0.5) is 5.69 Å². The van der Waals surface area contributed by atoms with Crippen molar-refractivity contribution < 1.29 is 9.59 Å². The van der Waals surface area contributed by atoms with Crippen LogP contribution in [0.5, 0.6) is 0 Å². The molecule has 1 heterocycles. The van der Waals surface area contributed by atoms with Crippen molar-refractivity contribution in [2.75, 3.05) is 11.9 Å². The first kappa shape index (κ1) is 22.1. The number of hydrogen-bond donors (Lipinski definition) is 2. The second-order valence-electron chi connectivity index (χ2n) is 6.49. The van der Waals surface area contributed by atoms with Crippen molar-refractivity contribution in [2.45, 2.75) is 19.9 Å². The van der Waals surface area contributed by atoms with E-state index in [9.17, 15) is 9.59 Å². The molecule has 0 radical (unpaired) electrons. The summed E-state index contributed by atoms with van der Waals surface area (Å²) in [7, 11) is 0. The van der Waals surface area contributed by atoms with E-state index >= 15 is 0 Å². The number of aromatic nitrogens is 3. The van der Waals surface area contributed by atoms with Crippen LogP contribution in [0.3, 0.4) is 0 Å². The topological polar surface area (TPSA) is 88.9 Å². The highest BCUT2D eigenvalue weighted by Crippen LogP contribution is 2.26. The molecule has 0 spiro atoms. The number of amides is 2. The van der Waals surface area contributed by atoms with E-state index in [-0.39, 0.29) is 18.1 Å². The Morgan fingerprint density at radius 1 is 1.03 bits per heavy atom. The Morgan fingerprint density at radius 3 is 2.47 bits per heavy atom. The average molecular weight is 467 g/mol. The van der Waals surface area contributed by atoms with Crippen LogP contribution in [-0.4, -0.2) is 33.4 Å². The Morgan fingerprint density at radius 2 is 1.73 bits per heavy atom. The monoisotopic (exact) mass is 465 g/mol. The number of halogens is 3. The van der Waals surface area contributed by atoms with Crippen molar-refractivity contribution in [1.82, 2.24) is 20.3 Å². The third-order valence-corrected chi connectivity index (χ3v) is 5.13. The molecule has 3 rings (SSSR count). The lowest BCUT2D eigenvalue weighted by molar-refractivity contribution is -0.121. The van der Waals surface area contributed by atoms with E-state index in [1.807, 2.05) is 12.1 Å². The Kier molecular flexibility index (Phi) is 7.31. The summed E-state index contributed by atoms with van der Waals surface area (Å²) in [4.78, 5) is 24.7. The number of nitrogens with zero attached hydrogens (tertiary/aromatic N) is 3. The first-order valence-electron chi connectivity index (χ1n) is 9.01. The zero-order chi connectivity index (χ0) is 21.7. The summed E-state index contributed by atoms with van der Waals surface area (Å²) in [5.41, 5.74) is 1.98. The molecule has 10 heteroatoms. The molecule has 0 aliphatic heterocycles. The molecule has 30 heavy (non-hydrogen) atoms. The number of carbonyl (C=O) groups excluding carboxylic acids is 2. The Labute approximate surface area is 188 Å². The number of benzene rings is 2. The fourth-order valence-electron chi connectivity index (χ4n) is 2.68. The van der Waals surface area contributed by atoms with Crippen LogP contribution >= 0.6 is 34.8 Å². The van der Waals surface area contributed by atoms with Gasteiger partial charge in [-0.2, -0.15) is 0 Å².